The number of benzene rings is 1. The summed E-state index contributed by atoms with van der Waals surface area (Å²) in [6.07, 6.45) is 1.32. The minimum Gasteiger partial charge on any atom is -0.465 e. The van der Waals surface area contributed by atoms with E-state index in [2.05, 4.69) is 4.98 Å². The van der Waals surface area contributed by atoms with Gasteiger partial charge in [0.15, 0.2) is 11.2 Å². The van der Waals surface area contributed by atoms with E-state index < -0.39 is 23.0 Å². The van der Waals surface area contributed by atoms with Crippen LogP contribution in [-0.4, -0.2) is 31.3 Å². The molecule has 0 bridgehead atoms. The third-order valence-electron chi connectivity index (χ3n) is 4.14. The van der Waals surface area contributed by atoms with Crippen LogP contribution in [0.15, 0.2) is 40.2 Å². The molecule has 0 saturated carbocycles. The third kappa shape index (κ3) is 3.60. The first-order valence-corrected chi connectivity index (χ1v) is 8.95. The normalized spacial score (nSPS) is 11.3. The van der Waals surface area contributed by atoms with Gasteiger partial charge in [0.2, 0.25) is 0 Å². The topological polar surface area (TPSA) is 88.1 Å². The van der Waals surface area contributed by atoms with Crippen LogP contribution in [0.5, 0.6) is 0 Å². The molecule has 0 amide bonds. The van der Waals surface area contributed by atoms with E-state index in [0.717, 1.165) is 4.57 Å². The van der Waals surface area contributed by atoms with Crippen molar-refractivity contribution in [2.45, 2.75) is 33.9 Å². The number of esters is 1. The number of carbonyl (C=O) groups excluding carboxylic acids is 1. The van der Waals surface area contributed by atoms with E-state index in [0.29, 0.717) is 5.69 Å². The molecule has 0 aliphatic heterocycles. The van der Waals surface area contributed by atoms with Crippen LogP contribution >= 0.6 is 0 Å². The molecule has 0 spiro atoms. The van der Waals surface area contributed by atoms with Crippen molar-refractivity contribution >= 4 is 17.1 Å². The number of carbonyl (C=O) groups is 1. The predicted molar refractivity (Wildman–Crippen MR) is 101 cm³/mol. The highest BCUT2D eigenvalue weighted by Gasteiger charge is 2.21. The predicted octanol–water partition coefficient (Wildman–Crippen LogP) is 1.71. The summed E-state index contributed by atoms with van der Waals surface area (Å²) in [5, 5.41) is 0. The van der Waals surface area contributed by atoms with Gasteiger partial charge in [0, 0.05) is 6.54 Å². The molecule has 148 valence electrons. The molecule has 28 heavy (non-hydrogen) atoms. The molecule has 0 radical (unpaired) electrons. The standard InChI is InChI=1S/C19H21FN4O4/c1-4-28-15(25)10-22-11-21-17-16(22)18(26)23(9-12(2)3)19(27)24(17)14-7-5-13(20)6-8-14/h5-8,11-12H,4,9-10H2,1-3H3. The van der Waals surface area contributed by atoms with Crippen molar-refractivity contribution in [2.75, 3.05) is 6.61 Å². The summed E-state index contributed by atoms with van der Waals surface area (Å²) in [5.41, 5.74) is -0.521. The van der Waals surface area contributed by atoms with Gasteiger partial charge in [0.1, 0.15) is 12.4 Å². The van der Waals surface area contributed by atoms with E-state index in [-0.39, 0.29) is 36.8 Å². The maximum Gasteiger partial charge on any atom is 0.337 e. The summed E-state index contributed by atoms with van der Waals surface area (Å²) in [6.45, 7) is 5.65. The molecule has 0 unspecified atom stereocenters. The van der Waals surface area contributed by atoms with Gasteiger partial charge in [-0.3, -0.25) is 14.2 Å². The Bertz CT molecular complexity index is 1130. The number of hydrogen-bond donors (Lipinski definition) is 0. The molecule has 0 N–H and O–H groups in total. The fourth-order valence-corrected chi connectivity index (χ4v) is 2.99. The first-order chi connectivity index (χ1) is 13.3. The van der Waals surface area contributed by atoms with Crippen molar-refractivity contribution in [3.05, 3.63) is 57.2 Å². The van der Waals surface area contributed by atoms with Crippen molar-refractivity contribution in [1.82, 2.24) is 18.7 Å². The molecule has 0 atom stereocenters. The molecular weight excluding hydrogens is 367 g/mol. The Labute approximate surface area is 159 Å². The Balaban J connectivity index is 2.31. The number of rotatable bonds is 6. The number of aromatic nitrogens is 4. The number of ether oxygens (including phenoxy) is 1. The number of fused-ring (bicyclic) bond motifs is 1. The molecule has 3 rings (SSSR count). The summed E-state index contributed by atoms with van der Waals surface area (Å²) in [5.74, 6) is -0.932. The number of imidazole rings is 1. The van der Waals surface area contributed by atoms with Crippen LogP contribution in [0.25, 0.3) is 16.9 Å². The summed E-state index contributed by atoms with van der Waals surface area (Å²) < 4.78 is 22.0. The molecular formula is C19H21FN4O4. The van der Waals surface area contributed by atoms with Crippen molar-refractivity contribution < 1.29 is 13.9 Å². The minimum absolute atomic E-state index is 0.0333. The quantitative estimate of drug-likeness (QED) is 0.600. The van der Waals surface area contributed by atoms with Gasteiger partial charge >= 0.3 is 11.7 Å². The lowest BCUT2D eigenvalue weighted by molar-refractivity contribution is -0.143. The second kappa shape index (κ2) is 7.79. The van der Waals surface area contributed by atoms with Gasteiger partial charge in [-0.1, -0.05) is 13.8 Å². The zero-order valence-corrected chi connectivity index (χ0v) is 15.9. The van der Waals surface area contributed by atoms with Crippen LogP contribution in [0.3, 0.4) is 0 Å². The van der Waals surface area contributed by atoms with Gasteiger partial charge in [0.05, 0.1) is 18.6 Å². The highest BCUT2D eigenvalue weighted by atomic mass is 19.1. The SMILES string of the molecule is CCOC(=O)Cn1cnc2c1c(=O)n(CC(C)C)c(=O)n2-c1ccc(F)cc1. The van der Waals surface area contributed by atoms with Crippen molar-refractivity contribution in [2.24, 2.45) is 5.92 Å². The number of hydrogen-bond acceptors (Lipinski definition) is 5. The molecule has 0 saturated heterocycles. The molecule has 8 nitrogen and oxygen atoms in total. The zero-order valence-electron chi connectivity index (χ0n) is 15.9. The van der Waals surface area contributed by atoms with E-state index in [1.54, 1.807) is 6.92 Å². The van der Waals surface area contributed by atoms with Gasteiger partial charge in [-0.25, -0.2) is 18.7 Å². The summed E-state index contributed by atoms with van der Waals surface area (Å²) >= 11 is 0. The number of nitrogens with zero attached hydrogens (tertiary/aromatic N) is 4. The van der Waals surface area contributed by atoms with Gasteiger partial charge < -0.3 is 9.30 Å². The fraction of sp³-hybridized carbons (Fsp3) is 0.368. The average Bonchev–Trinajstić information content (AvgIpc) is 3.03. The summed E-state index contributed by atoms with van der Waals surface area (Å²) in [7, 11) is 0. The fourth-order valence-electron chi connectivity index (χ4n) is 2.99. The molecule has 1 aromatic carbocycles. The second-order valence-corrected chi connectivity index (χ2v) is 6.75. The van der Waals surface area contributed by atoms with Gasteiger partial charge in [-0.2, -0.15) is 0 Å². The van der Waals surface area contributed by atoms with Crippen molar-refractivity contribution in [3.8, 4) is 5.69 Å². The smallest absolute Gasteiger partial charge is 0.337 e. The van der Waals surface area contributed by atoms with E-state index in [1.807, 2.05) is 13.8 Å². The van der Waals surface area contributed by atoms with Crippen LogP contribution in [0.4, 0.5) is 4.39 Å². The van der Waals surface area contributed by atoms with Gasteiger partial charge in [0.25, 0.3) is 5.56 Å². The average molecular weight is 388 g/mol. The summed E-state index contributed by atoms with van der Waals surface area (Å²) in [4.78, 5) is 42.2. The molecule has 2 aromatic heterocycles. The van der Waals surface area contributed by atoms with E-state index in [9.17, 15) is 18.8 Å². The maximum atomic E-state index is 13.3. The monoisotopic (exact) mass is 388 g/mol. The largest absolute Gasteiger partial charge is 0.465 e. The Morgan fingerprint density at radius 1 is 1.21 bits per heavy atom. The zero-order chi connectivity index (χ0) is 20.4. The van der Waals surface area contributed by atoms with Crippen molar-refractivity contribution in [1.29, 1.82) is 0 Å². The first kappa shape index (κ1) is 19.5. The van der Waals surface area contributed by atoms with Crippen LogP contribution in [0.2, 0.25) is 0 Å². The first-order valence-electron chi connectivity index (χ1n) is 8.95. The Morgan fingerprint density at radius 2 is 1.89 bits per heavy atom. The molecule has 0 fully saturated rings. The van der Waals surface area contributed by atoms with Crippen molar-refractivity contribution in [3.63, 3.8) is 0 Å². The lowest BCUT2D eigenvalue weighted by Gasteiger charge is -2.14. The highest BCUT2D eigenvalue weighted by Crippen LogP contribution is 2.14. The van der Waals surface area contributed by atoms with E-state index in [4.69, 9.17) is 4.74 Å². The molecule has 9 heteroatoms. The van der Waals surface area contributed by atoms with Crippen LogP contribution < -0.4 is 11.2 Å². The molecule has 0 aliphatic rings. The van der Waals surface area contributed by atoms with Crippen LogP contribution in [-0.2, 0) is 22.6 Å². The Morgan fingerprint density at radius 3 is 2.50 bits per heavy atom. The van der Waals surface area contributed by atoms with E-state index in [1.165, 1.54) is 39.7 Å². The molecule has 0 aliphatic carbocycles. The highest BCUT2D eigenvalue weighted by molar-refractivity contribution is 5.76. The molecule has 3 aromatic rings. The molecule has 2 heterocycles. The number of halogens is 1. The maximum absolute atomic E-state index is 13.3. The lowest BCUT2D eigenvalue weighted by atomic mass is 10.2. The van der Waals surface area contributed by atoms with Gasteiger partial charge in [-0.05, 0) is 37.1 Å². The van der Waals surface area contributed by atoms with Crippen LogP contribution in [0, 0.1) is 11.7 Å². The summed E-state index contributed by atoms with van der Waals surface area (Å²) in [6, 6.07) is 5.32. The second-order valence-electron chi connectivity index (χ2n) is 6.75. The lowest BCUT2D eigenvalue weighted by Crippen LogP contribution is -2.41. The van der Waals surface area contributed by atoms with Gasteiger partial charge in [-0.15, -0.1) is 0 Å². The van der Waals surface area contributed by atoms with Crippen LogP contribution in [0.1, 0.15) is 20.8 Å². The minimum atomic E-state index is -0.570. The van der Waals surface area contributed by atoms with E-state index >= 15 is 0 Å². The third-order valence-corrected chi connectivity index (χ3v) is 4.14. The Hall–Kier alpha value is -3.23. The Kier molecular flexibility index (Phi) is 5.43.